The Hall–Kier alpha value is -1.89. The number of aromatic nitrogens is 3. The van der Waals surface area contributed by atoms with E-state index in [1.165, 1.54) is 0 Å². The first-order chi connectivity index (χ1) is 16.9. The molecule has 3 heterocycles. The van der Waals surface area contributed by atoms with Crippen LogP contribution in [0.3, 0.4) is 0 Å². The van der Waals surface area contributed by atoms with E-state index in [0.29, 0.717) is 12.8 Å². The molecule has 1 N–H and O–H groups in total. The number of rotatable bonds is 5. The van der Waals surface area contributed by atoms with Gasteiger partial charge in [-0.1, -0.05) is 23.3 Å². The second kappa shape index (κ2) is 9.39. The highest BCUT2D eigenvalue weighted by atomic mass is 32.2. The maximum atomic E-state index is 14.9. The third-order valence-electron chi connectivity index (χ3n) is 6.83. The molecule has 1 saturated carbocycles. The lowest BCUT2D eigenvalue weighted by atomic mass is 9.36. The predicted molar refractivity (Wildman–Crippen MR) is 138 cm³/mol. The first kappa shape index (κ1) is 28.1. The van der Waals surface area contributed by atoms with Crippen molar-refractivity contribution in [3.05, 3.63) is 28.2 Å². The average Bonchev–Trinajstić information content (AvgIpc) is 2.75. The molecule has 2 aromatic rings. The molecule has 2 fully saturated rings. The normalized spacial score (nSPS) is 25.2. The van der Waals surface area contributed by atoms with Crippen molar-refractivity contribution < 1.29 is 21.6 Å². The molecule has 1 saturated heterocycles. The zero-order valence-electron chi connectivity index (χ0n) is 20.1. The van der Waals surface area contributed by atoms with Crippen LogP contribution in [0.4, 0.5) is 19.1 Å². The molecular formula is C20H21B5F3N5O3S. The van der Waals surface area contributed by atoms with Gasteiger partial charge < -0.3 is 5.32 Å². The van der Waals surface area contributed by atoms with E-state index in [-0.39, 0.29) is 42.9 Å². The van der Waals surface area contributed by atoms with E-state index in [1.807, 2.05) is 0 Å². The van der Waals surface area contributed by atoms with Crippen molar-refractivity contribution in [1.82, 2.24) is 18.8 Å². The Morgan fingerprint density at radius 1 is 1.14 bits per heavy atom. The molecule has 10 radical (unpaired) electrons. The summed E-state index contributed by atoms with van der Waals surface area (Å²) in [5.74, 6) is -4.16. The minimum absolute atomic E-state index is 0.0217. The van der Waals surface area contributed by atoms with Gasteiger partial charge in [0.25, 0.3) is 5.56 Å². The number of hydrogen-bond donors (Lipinski definition) is 1. The van der Waals surface area contributed by atoms with E-state index < -0.39 is 55.7 Å². The molecule has 0 spiro atoms. The quantitative estimate of drug-likeness (QED) is 0.572. The summed E-state index contributed by atoms with van der Waals surface area (Å²) in [5.41, 5.74) is -2.29. The molecule has 0 bridgehead atoms. The molecule has 4 rings (SSSR count). The van der Waals surface area contributed by atoms with E-state index >= 15 is 0 Å². The van der Waals surface area contributed by atoms with Gasteiger partial charge in [0.15, 0.2) is 7.85 Å². The highest BCUT2D eigenvalue weighted by molar-refractivity contribution is 7.88. The number of nitrogens with zero attached hydrogens (tertiary/aromatic N) is 4. The topological polar surface area (TPSA) is 97.2 Å². The van der Waals surface area contributed by atoms with Gasteiger partial charge in [-0.05, 0) is 18.9 Å². The number of sulfonamides is 1. The van der Waals surface area contributed by atoms with Crippen LogP contribution < -0.4 is 10.9 Å². The first-order valence-corrected chi connectivity index (χ1v) is 13.4. The average molecular weight is 523 g/mol. The number of hydrogen-bond acceptors (Lipinski definition) is 6. The van der Waals surface area contributed by atoms with Crippen molar-refractivity contribution in [2.24, 2.45) is 0 Å². The number of piperidine rings is 1. The van der Waals surface area contributed by atoms with Crippen LogP contribution in [0.5, 0.6) is 0 Å². The van der Waals surface area contributed by atoms with Crippen molar-refractivity contribution in [2.75, 3.05) is 24.7 Å². The first-order valence-electron chi connectivity index (χ1n) is 11.5. The summed E-state index contributed by atoms with van der Waals surface area (Å²) in [6, 6.07) is -1.35. The number of nitrogens with one attached hydrogen (secondary N) is 1. The zero-order chi connectivity index (χ0) is 27.6. The van der Waals surface area contributed by atoms with Gasteiger partial charge in [-0.15, -0.1) is 0 Å². The van der Waals surface area contributed by atoms with Crippen molar-refractivity contribution in [3.8, 4) is 0 Å². The molecule has 0 amide bonds. The number of alkyl halides is 3. The second-order valence-corrected chi connectivity index (χ2v) is 12.0. The fourth-order valence-electron chi connectivity index (χ4n) is 5.08. The van der Waals surface area contributed by atoms with Crippen molar-refractivity contribution >= 4 is 66.2 Å². The zero-order valence-corrected chi connectivity index (χ0v) is 20.9. The molecule has 1 aliphatic heterocycles. The fourth-order valence-corrected chi connectivity index (χ4v) is 5.99. The molecule has 2 aliphatic rings. The molecule has 0 aromatic carbocycles. The van der Waals surface area contributed by atoms with E-state index in [0.717, 1.165) is 27.4 Å². The third-order valence-corrected chi connectivity index (χ3v) is 8.03. The van der Waals surface area contributed by atoms with Crippen molar-refractivity contribution in [1.29, 1.82) is 0 Å². The minimum atomic E-state index is -3.98. The Balaban J connectivity index is 1.81. The number of halogens is 3. The fraction of sp³-hybridized carbons (Fsp3) is 0.650. The number of anilines is 1. The van der Waals surface area contributed by atoms with Gasteiger partial charge in [-0.3, -0.25) is 9.36 Å². The van der Waals surface area contributed by atoms with Crippen LogP contribution in [0.15, 0.2) is 17.1 Å². The van der Waals surface area contributed by atoms with Crippen LogP contribution in [0.2, 0.25) is 10.4 Å². The standard InChI is InChI=1S/C20H21B5F3N5O3S/c1-37(35,36)32-8-18(21,22)16(19(23,24)9-32)31-17-29-7-10-6-11(20(25,27)28)15(34)33(14(10)30-17)13-5-3-2-4-12(13)26/h6-7,12-13,16H,2-5,8-9H2,1H3,(H,29,30,31)/t12-,13-/m0/s1. The summed E-state index contributed by atoms with van der Waals surface area (Å²) in [5, 5.41) is -0.753. The van der Waals surface area contributed by atoms with E-state index in [2.05, 4.69) is 15.3 Å². The summed E-state index contributed by atoms with van der Waals surface area (Å²) in [6.45, 7) is -0.670. The van der Waals surface area contributed by atoms with Gasteiger partial charge in [0.05, 0.1) is 49.2 Å². The van der Waals surface area contributed by atoms with Crippen molar-refractivity contribution in [3.63, 3.8) is 0 Å². The smallest absolute Gasteiger partial charge is 0.260 e. The molecule has 2 aromatic heterocycles. The number of fused-ring (bicyclic) bond motifs is 1. The highest BCUT2D eigenvalue weighted by Crippen LogP contribution is 2.44. The van der Waals surface area contributed by atoms with E-state index in [1.54, 1.807) is 0 Å². The van der Waals surface area contributed by atoms with Gasteiger partial charge in [0.2, 0.25) is 21.8 Å². The SMILES string of the molecule is [B]C(F)(F)c1cc2cnc(NC3C([B])([B])CN(S(C)(=O)=O)CC3([B])[B])nc2n([C@H]2CCCC[C@@H]2F)c1=O. The number of pyridine rings is 1. The summed E-state index contributed by atoms with van der Waals surface area (Å²) >= 11 is 0. The third kappa shape index (κ3) is 5.48. The highest BCUT2D eigenvalue weighted by Gasteiger charge is 2.47. The predicted octanol–water partition coefficient (Wildman–Crippen LogP) is 0.425. The van der Waals surface area contributed by atoms with Gasteiger partial charge in [-0.25, -0.2) is 30.9 Å². The summed E-state index contributed by atoms with van der Waals surface area (Å²) in [7, 11) is 26.0. The van der Waals surface area contributed by atoms with Crippen molar-refractivity contribution in [2.45, 2.75) is 60.2 Å². The largest absolute Gasteiger partial charge is 0.353 e. The van der Waals surface area contributed by atoms with Gasteiger partial charge in [-0.2, -0.15) is 4.98 Å². The van der Waals surface area contributed by atoms with E-state index in [4.69, 9.17) is 39.2 Å². The monoisotopic (exact) mass is 523 g/mol. The lowest BCUT2D eigenvalue weighted by molar-refractivity contribution is 0.0906. The summed E-state index contributed by atoms with van der Waals surface area (Å²) in [4.78, 5) is 21.5. The van der Waals surface area contributed by atoms with Gasteiger partial charge in [0, 0.05) is 30.7 Å². The molecule has 37 heavy (non-hydrogen) atoms. The van der Waals surface area contributed by atoms with Crippen LogP contribution in [-0.4, -0.2) is 98.0 Å². The molecule has 2 atom stereocenters. The Morgan fingerprint density at radius 2 is 1.73 bits per heavy atom. The molecule has 17 heteroatoms. The minimum Gasteiger partial charge on any atom is -0.353 e. The van der Waals surface area contributed by atoms with Crippen LogP contribution in [0.25, 0.3) is 11.0 Å². The Labute approximate surface area is 219 Å². The summed E-state index contributed by atoms with van der Waals surface area (Å²) in [6.07, 6.45) is 2.21. The van der Waals surface area contributed by atoms with E-state index in [9.17, 15) is 26.4 Å². The molecular weight excluding hydrogens is 501 g/mol. The van der Waals surface area contributed by atoms with Gasteiger partial charge >= 0.3 is 0 Å². The molecule has 186 valence electrons. The van der Waals surface area contributed by atoms with Crippen LogP contribution in [-0.2, 0) is 15.8 Å². The van der Waals surface area contributed by atoms with Crippen LogP contribution in [0, 0.1) is 0 Å². The maximum absolute atomic E-state index is 14.9. The Kier molecular flexibility index (Phi) is 7.14. The molecule has 0 unspecified atom stereocenters. The van der Waals surface area contributed by atoms with Crippen LogP contribution >= 0.6 is 0 Å². The molecule has 8 nitrogen and oxygen atoms in total. The lowest BCUT2D eigenvalue weighted by Crippen LogP contribution is -2.60. The van der Waals surface area contributed by atoms with Crippen LogP contribution in [0.1, 0.15) is 37.3 Å². The van der Waals surface area contributed by atoms with Gasteiger partial charge in [0.1, 0.15) is 11.8 Å². The Bertz CT molecular complexity index is 1350. The summed E-state index contributed by atoms with van der Waals surface area (Å²) < 4.78 is 69.0. The Morgan fingerprint density at radius 3 is 2.27 bits per heavy atom. The molecule has 1 aliphatic carbocycles. The maximum Gasteiger partial charge on any atom is 0.260 e. The second-order valence-electron chi connectivity index (χ2n) is 10.0. The lowest BCUT2D eigenvalue weighted by Gasteiger charge is -2.54.